The average molecular weight is 369 g/mol. The van der Waals surface area contributed by atoms with E-state index in [1.165, 1.54) is 0 Å². The van der Waals surface area contributed by atoms with Gasteiger partial charge in [-0.05, 0) is 43.9 Å². The number of aromatic amines is 2. The Morgan fingerprint density at radius 2 is 2.11 bits per heavy atom. The molecule has 2 aromatic heterocycles. The lowest BCUT2D eigenvalue weighted by Crippen LogP contribution is -2.27. The van der Waals surface area contributed by atoms with Gasteiger partial charge in [0.2, 0.25) is 0 Å². The topological polar surface area (TPSA) is 116 Å². The van der Waals surface area contributed by atoms with Crippen molar-refractivity contribution in [2.75, 3.05) is 6.54 Å². The Morgan fingerprint density at radius 3 is 2.85 bits per heavy atom. The molecule has 0 radical (unpaired) electrons. The van der Waals surface area contributed by atoms with E-state index >= 15 is 0 Å². The summed E-state index contributed by atoms with van der Waals surface area (Å²) in [7, 11) is 0. The first-order valence-electron chi connectivity index (χ1n) is 9.29. The fourth-order valence-electron chi connectivity index (χ4n) is 3.79. The molecule has 27 heavy (non-hydrogen) atoms. The molecule has 0 atom stereocenters. The third-order valence-corrected chi connectivity index (χ3v) is 5.24. The van der Waals surface area contributed by atoms with Gasteiger partial charge in [-0.25, -0.2) is 9.78 Å². The summed E-state index contributed by atoms with van der Waals surface area (Å²) < 4.78 is 1.77. The number of hydrogen-bond donors (Lipinski definition) is 4. The van der Waals surface area contributed by atoms with Crippen LogP contribution in [0.15, 0.2) is 35.5 Å². The minimum absolute atomic E-state index is 0.0868. The third-order valence-electron chi connectivity index (χ3n) is 5.24. The van der Waals surface area contributed by atoms with E-state index in [1.54, 1.807) is 29.2 Å². The smallest absolute Gasteiger partial charge is 0.326 e. The van der Waals surface area contributed by atoms with Crippen LogP contribution in [-0.4, -0.2) is 43.2 Å². The van der Waals surface area contributed by atoms with Crippen LogP contribution in [0.25, 0.3) is 11.0 Å². The van der Waals surface area contributed by atoms with Crippen LogP contribution >= 0.6 is 0 Å². The Bertz CT molecular complexity index is 981. The predicted octanol–water partition coefficient (Wildman–Crippen LogP) is 1.50. The van der Waals surface area contributed by atoms with Crippen LogP contribution in [0.3, 0.4) is 0 Å². The summed E-state index contributed by atoms with van der Waals surface area (Å²) in [5, 5.41) is 12.6. The molecule has 142 valence electrons. The monoisotopic (exact) mass is 369 g/mol. The second-order valence-electron chi connectivity index (χ2n) is 7.08. The second kappa shape index (κ2) is 7.40. The lowest BCUT2D eigenvalue weighted by Gasteiger charge is -2.26. The zero-order valence-corrected chi connectivity index (χ0v) is 14.9. The quantitative estimate of drug-likeness (QED) is 0.545. The number of carbonyl (C=O) groups is 1. The van der Waals surface area contributed by atoms with Crippen molar-refractivity contribution in [2.45, 2.75) is 44.2 Å². The van der Waals surface area contributed by atoms with E-state index in [4.69, 9.17) is 0 Å². The number of nitrogens with zero attached hydrogens (tertiary/aromatic N) is 2. The molecule has 1 amide bonds. The summed E-state index contributed by atoms with van der Waals surface area (Å²) >= 11 is 0. The lowest BCUT2D eigenvalue weighted by molar-refractivity contribution is 0.0954. The fourth-order valence-corrected chi connectivity index (χ4v) is 3.79. The highest BCUT2D eigenvalue weighted by Gasteiger charge is 2.24. The minimum Gasteiger partial charge on any atom is -0.393 e. The molecule has 1 aliphatic carbocycles. The third kappa shape index (κ3) is 3.66. The van der Waals surface area contributed by atoms with Crippen LogP contribution in [0.4, 0.5) is 0 Å². The van der Waals surface area contributed by atoms with Gasteiger partial charge in [0.1, 0.15) is 0 Å². The van der Waals surface area contributed by atoms with E-state index in [2.05, 4.69) is 20.3 Å². The van der Waals surface area contributed by atoms with Crippen molar-refractivity contribution in [3.63, 3.8) is 0 Å². The molecular weight excluding hydrogens is 346 g/mol. The maximum absolute atomic E-state index is 12.4. The van der Waals surface area contributed by atoms with Crippen LogP contribution in [-0.2, 0) is 6.42 Å². The molecule has 4 rings (SSSR count). The fraction of sp³-hybridized carbons (Fsp3) is 0.421. The number of H-pyrrole nitrogens is 2. The van der Waals surface area contributed by atoms with E-state index in [-0.39, 0.29) is 23.7 Å². The molecule has 1 saturated carbocycles. The molecule has 1 aromatic carbocycles. The number of benzene rings is 1. The Labute approximate surface area is 155 Å². The van der Waals surface area contributed by atoms with Crippen molar-refractivity contribution in [1.82, 2.24) is 24.8 Å². The molecule has 8 heteroatoms. The van der Waals surface area contributed by atoms with E-state index in [9.17, 15) is 14.7 Å². The lowest BCUT2D eigenvalue weighted by atomic mass is 9.93. The molecule has 0 saturated heterocycles. The van der Waals surface area contributed by atoms with Crippen LogP contribution in [0.1, 0.15) is 47.8 Å². The summed E-state index contributed by atoms with van der Waals surface area (Å²) in [4.78, 5) is 34.6. The number of amides is 1. The summed E-state index contributed by atoms with van der Waals surface area (Å²) in [5.41, 5.74) is 2.77. The molecule has 8 nitrogen and oxygen atoms in total. The van der Waals surface area contributed by atoms with Crippen molar-refractivity contribution >= 4 is 16.9 Å². The Kier molecular flexibility index (Phi) is 4.81. The highest BCUT2D eigenvalue weighted by Crippen LogP contribution is 2.29. The Morgan fingerprint density at radius 1 is 1.30 bits per heavy atom. The molecule has 0 aliphatic heterocycles. The number of imidazole rings is 2. The van der Waals surface area contributed by atoms with Gasteiger partial charge in [0.25, 0.3) is 5.91 Å². The maximum Gasteiger partial charge on any atom is 0.326 e. The van der Waals surface area contributed by atoms with Gasteiger partial charge in [-0.1, -0.05) is 0 Å². The number of aliphatic hydroxyl groups excluding tert-OH is 1. The first-order valence-corrected chi connectivity index (χ1v) is 9.29. The van der Waals surface area contributed by atoms with Gasteiger partial charge >= 0.3 is 5.69 Å². The van der Waals surface area contributed by atoms with Gasteiger partial charge in [0, 0.05) is 36.5 Å². The van der Waals surface area contributed by atoms with Gasteiger partial charge < -0.3 is 20.4 Å². The standard InChI is InChI=1S/C19H23N5O3/c25-15-4-2-14(3-5-15)24-17-6-1-12(9-16(17)23-19(24)27)18(26)21-8-7-13-10-20-11-22-13/h1,6,9-11,14-15,25H,2-5,7-8H2,(H,20,22)(H,21,26)(H,23,27). The zero-order chi connectivity index (χ0) is 18.8. The average Bonchev–Trinajstić information content (AvgIpc) is 3.29. The van der Waals surface area contributed by atoms with Crippen molar-refractivity contribution in [3.8, 4) is 0 Å². The normalized spacial score (nSPS) is 20.0. The van der Waals surface area contributed by atoms with Gasteiger partial charge in [0.05, 0.1) is 23.5 Å². The summed E-state index contributed by atoms with van der Waals surface area (Å²) in [6, 6.07) is 5.37. The number of fused-ring (bicyclic) bond motifs is 1. The zero-order valence-electron chi connectivity index (χ0n) is 14.9. The number of aromatic nitrogens is 4. The number of nitrogens with one attached hydrogen (secondary N) is 3. The van der Waals surface area contributed by atoms with Gasteiger partial charge in [-0.15, -0.1) is 0 Å². The SMILES string of the molecule is O=C(NCCc1cnc[nH]1)c1ccc2c(c1)[nH]c(=O)n2C1CCC(O)CC1. The highest BCUT2D eigenvalue weighted by atomic mass is 16.3. The van der Waals surface area contributed by atoms with E-state index in [0.717, 1.165) is 24.1 Å². The van der Waals surface area contributed by atoms with Gasteiger partial charge in [-0.2, -0.15) is 0 Å². The van der Waals surface area contributed by atoms with Crippen molar-refractivity contribution in [3.05, 3.63) is 52.5 Å². The predicted molar refractivity (Wildman–Crippen MR) is 101 cm³/mol. The second-order valence-corrected chi connectivity index (χ2v) is 7.08. The molecular formula is C19H23N5O3. The molecule has 0 unspecified atom stereocenters. The van der Waals surface area contributed by atoms with Gasteiger partial charge in [0.15, 0.2) is 0 Å². The minimum atomic E-state index is -0.265. The van der Waals surface area contributed by atoms with E-state index in [0.29, 0.717) is 36.9 Å². The van der Waals surface area contributed by atoms with Crippen molar-refractivity contribution in [1.29, 1.82) is 0 Å². The highest BCUT2D eigenvalue weighted by molar-refractivity contribution is 5.97. The first-order chi connectivity index (χ1) is 13.1. The number of rotatable bonds is 5. The Hall–Kier alpha value is -2.87. The first kappa shape index (κ1) is 17.5. The summed E-state index contributed by atoms with van der Waals surface area (Å²) in [5.74, 6) is -0.175. The number of aliphatic hydroxyl groups is 1. The van der Waals surface area contributed by atoms with Crippen LogP contribution in [0.5, 0.6) is 0 Å². The molecule has 1 aliphatic rings. The molecule has 3 aromatic rings. The molecule has 2 heterocycles. The molecule has 0 bridgehead atoms. The van der Waals surface area contributed by atoms with Gasteiger partial charge in [-0.3, -0.25) is 9.36 Å². The van der Waals surface area contributed by atoms with Crippen LogP contribution in [0, 0.1) is 0 Å². The summed E-state index contributed by atoms with van der Waals surface area (Å²) in [6.45, 7) is 0.501. The van der Waals surface area contributed by atoms with E-state index < -0.39 is 0 Å². The summed E-state index contributed by atoms with van der Waals surface area (Å²) in [6.07, 6.45) is 6.73. The maximum atomic E-state index is 12.4. The van der Waals surface area contributed by atoms with E-state index in [1.807, 2.05) is 6.07 Å². The molecule has 0 spiro atoms. The van der Waals surface area contributed by atoms with Crippen LogP contribution in [0.2, 0.25) is 0 Å². The Balaban J connectivity index is 1.49. The van der Waals surface area contributed by atoms with Crippen molar-refractivity contribution < 1.29 is 9.90 Å². The van der Waals surface area contributed by atoms with Crippen molar-refractivity contribution in [2.24, 2.45) is 0 Å². The molecule has 1 fully saturated rings. The number of hydrogen-bond acceptors (Lipinski definition) is 4. The largest absolute Gasteiger partial charge is 0.393 e. The van der Waals surface area contributed by atoms with Crippen LogP contribution < -0.4 is 11.0 Å². The molecule has 4 N–H and O–H groups in total. The number of carbonyl (C=O) groups excluding carboxylic acids is 1.